The highest BCUT2D eigenvalue weighted by Crippen LogP contribution is 2.18. The largest absolute Gasteiger partial charge is 0.379 e. The molecule has 2 aromatic carbocycles. The zero-order valence-corrected chi connectivity index (χ0v) is 19.5. The molecule has 3 aromatic rings. The number of nitrogens with one attached hydrogen (secondary N) is 2. The molecule has 2 N–H and O–H groups in total. The van der Waals surface area contributed by atoms with Gasteiger partial charge in [-0.1, -0.05) is 12.1 Å². The van der Waals surface area contributed by atoms with Gasteiger partial charge in [-0.25, -0.2) is 18.1 Å². The Balaban J connectivity index is 1.25. The number of carbonyl (C=O) groups is 2. The van der Waals surface area contributed by atoms with Gasteiger partial charge in [0.15, 0.2) is 0 Å². The first-order valence-corrected chi connectivity index (χ1v) is 12.2. The van der Waals surface area contributed by atoms with Crippen LogP contribution in [-0.4, -0.2) is 72.1 Å². The van der Waals surface area contributed by atoms with Gasteiger partial charge in [0.05, 0.1) is 30.3 Å². The summed E-state index contributed by atoms with van der Waals surface area (Å²) < 4.78 is 33.5. The first kappa shape index (κ1) is 24.3. The van der Waals surface area contributed by atoms with E-state index in [0.29, 0.717) is 37.6 Å². The van der Waals surface area contributed by atoms with Crippen LogP contribution in [0.3, 0.4) is 0 Å². The number of carbonyl (C=O) groups excluding carboxylic acids is 2. The molecule has 1 aliphatic heterocycles. The van der Waals surface area contributed by atoms with E-state index in [0.717, 1.165) is 5.69 Å². The zero-order chi connectivity index (χ0) is 24.7. The molecule has 0 aliphatic carbocycles. The highest BCUT2D eigenvalue weighted by molar-refractivity contribution is 7.89. The molecule has 1 saturated heterocycles. The number of benzene rings is 2. The molecule has 2 amide bonds. The van der Waals surface area contributed by atoms with Crippen LogP contribution in [0.15, 0.2) is 72.2 Å². The molecule has 1 aromatic heterocycles. The van der Waals surface area contributed by atoms with Crippen molar-refractivity contribution in [1.82, 2.24) is 24.4 Å². The van der Waals surface area contributed by atoms with Crippen LogP contribution in [0.1, 0.15) is 5.56 Å². The number of hydrogen-bond donors (Lipinski definition) is 2. The number of nitrogens with zero attached hydrogens (tertiary/aromatic N) is 4. The molecule has 35 heavy (non-hydrogen) atoms. The van der Waals surface area contributed by atoms with Crippen molar-refractivity contribution in [2.45, 2.75) is 4.90 Å². The fourth-order valence-corrected chi connectivity index (χ4v) is 4.74. The highest BCUT2D eigenvalue weighted by Gasteiger charge is 2.25. The lowest BCUT2D eigenvalue weighted by Crippen LogP contribution is -2.40. The van der Waals surface area contributed by atoms with Crippen molar-refractivity contribution in [2.24, 2.45) is 0 Å². The van der Waals surface area contributed by atoms with E-state index < -0.39 is 15.9 Å². The SMILES string of the molecule is O=C(/C=C/c1ccc(S(=O)(=O)N2CCOCC2)cc1)NCC(=O)Nc1ccc(-n2cncn2)cc1. The van der Waals surface area contributed by atoms with Gasteiger partial charge < -0.3 is 15.4 Å². The van der Waals surface area contributed by atoms with Crippen molar-refractivity contribution in [3.05, 3.63) is 72.8 Å². The van der Waals surface area contributed by atoms with E-state index in [9.17, 15) is 18.0 Å². The normalized spacial score (nSPS) is 14.6. The van der Waals surface area contributed by atoms with E-state index in [2.05, 4.69) is 20.7 Å². The summed E-state index contributed by atoms with van der Waals surface area (Å²) in [6.45, 7) is 1.20. The summed E-state index contributed by atoms with van der Waals surface area (Å²) in [6, 6.07) is 13.2. The summed E-state index contributed by atoms with van der Waals surface area (Å²) in [5, 5.41) is 9.24. The molecule has 1 fully saturated rings. The van der Waals surface area contributed by atoms with Gasteiger partial charge in [-0.2, -0.15) is 9.40 Å². The van der Waals surface area contributed by atoms with Crippen LogP contribution < -0.4 is 10.6 Å². The molecular weight excluding hydrogens is 472 g/mol. The van der Waals surface area contributed by atoms with E-state index in [1.54, 1.807) is 53.5 Å². The zero-order valence-electron chi connectivity index (χ0n) is 18.7. The lowest BCUT2D eigenvalue weighted by molar-refractivity contribution is -0.121. The van der Waals surface area contributed by atoms with Crippen LogP contribution in [0, 0.1) is 0 Å². The molecule has 0 radical (unpaired) electrons. The molecule has 182 valence electrons. The van der Waals surface area contributed by atoms with E-state index in [-0.39, 0.29) is 17.3 Å². The van der Waals surface area contributed by atoms with Gasteiger partial charge in [0, 0.05) is 24.9 Å². The number of anilines is 1. The minimum absolute atomic E-state index is 0.187. The molecule has 0 bridgehead atoms. The molecule has 4 rings (SSSR count). The highest BCUT2D eigenvalue weighted by atomic mass is 32.2. The molecule has 0 saturated carbocycles. The Labute approximate surface area is 202 Å². The van der Waals surface area contributed by atoms with Gasteiger partial charge in [-0.05, 0) is 48.0 Å². The fourth-order valence-electron chi connectivity index (χ4n) is 3.33. The Morgan fingerprint density at radius 2 is 1.74 bits per heavy atom. The van der Waals surface area contributed by atoms with Gasteiger partial charge in [-0.3, -0.25) is 9.59 Å². The minimum Gasteiger partial charge on any atom is -0.379 e. The van der Waals surface area contributed by atoms with Crippen LogP contribution in [0.4, 0.5) is 5.69 Å². The third kappa shape index (κ3) is 6.38. The van der Waals surface area contributed by atoms with Crippen molar-refractivity contribution in [1.29, 1.82) is 0 Å². The summed E-state index contributed by atoms with van der Waals surface area (Å²) in [7, 11) is -3.57. The van der Waals surface area contributed by atoms with Crippen LogP contribution >= 0.6 is 0 Å². The van der Waals surface area contributed by atoms with Gasteiger partial charge >= 0.3 is 0 Å². The quantitative estimate of drug-likeness (QED) is 0.445. The summed E-state index contributed by atoms with van der Waals surface area (Å²) in [6.07, 6.45) is 5.82. The van der Waals surface area contributed by atoms with Gasteiger partial charge in [0.1, 0.15) is 12.7 Å². The van der Waals surface area contributed by atoms with Crippen molar-refractivity contribution in [2.75, 3.05) is 38.2 Å². The fraction of sp³-hybridized carbons (Fsp3) is 0.217. The van der Waals surface area contributed by atoms with Crippen molar-refractivity contribution in [3.8, 4) is 5.69 Å². The first-order chi connectivity index (χ1) is 16.9. The number of hydrogen-bond acceptors (Lipinski definition) is 7. The van der Waals surface area contributed by atoms with Crippen molar-refractivity contribution >= 4 is 33.6 Å². The van der Waals surface area contributed by atoms with Gasteiger partial charge in [0.25, 0.3) is 0 Å². The maximum absolute atomic E-state index is 12.7. The third-order valence-corrected chi connectivity index (χ3v) is 7.09. The van der Waals surface area contributed by atoms with Crippen LogP contribution in [0.2, 0.25) is 0 Å². The molecule has 0 atom stereocenters. The summed E-state index contributed by atoms with van der Waals surface area (Å²) >= 11 is 0. The third-order valence-electron chi connectivity index (χ3n) is 5.17. The Bertz CT molecular complexity index is 1280. The molecule has 0 spiro atoms. The molecule has 1 aliphatic rings. The Hall–Kier alpha value is -3.87. The number of sulfonamides is 1. The van der Waals surface area contributed by atoms with E-state index in [4.69, 9.17) is 4.74 Å². The summed E-state index contributed by atoms with van der Waals surface area (Å²) in [5.41, 5.74) is 2.03. The molecule has 0 unspecified atom stereocenters. The standard InChI is InChI=1S/C23H24N6O5S/c30-22(25-15-23(31)27-19-4-6-20(7-5-19)29-17-24-16-26-29)10-3-18-1-8-21(9-2-18)35(32,33)28-11-13-34-14-12-28/h1-10,16-17H,11-15H2,(H,25,30)(H,27,31)/b10-3+. The van der Waals surface area contributed by atoms with Crippen molar-refractivity contribution in [3.63, 3.8) is 0 Å². The molecule has 11 nitrogen and oxygen atoms in total. The molecule has 12 heteroatoms. The first-order valence-electron chi connectivity index (χ1n) is 10.8. The predicted molar refractivity (Wildman–Crippen MR) is 128 cm³/mol. The predicted octanol–water partition coefficient (Wildman–Crippen LogP) is 1.06. The second-order valence-corrected chi connectivity index (χ2v) is 9.51. The van der Waals surface area contributed by atoms with E-state index in [1.165, 1.54) is 28.8 Å². The van der Waals surface area contributed by atoms with E-state index >= 15 is 0 Å². The molecular formula is C23H24N6O5S. The smallest absolute Gasteiger partial charge is 0.244 e. The van der Waals surface area contributed by atoms with E-state index in [1.807, 2.05) is 0 Å². The minimum atomic E-state index is -3.57. The maximum atomic E-state index is 12.7. The topological polar surface area (TPSA) is 136 Å². The lowest BCUT2D eigenvalue weighted by Gasteiger charge is -2.26. The Morgan fingerprint density at radius 1 is 1.03 bits per heavy atom. The number of rotatable bonds is 8. The maximum Gasteiger partial charge on any atom is 0.244 e. The van der Waals surface area contributed by atoms with Gasteiger partial charge in [0.2, 0.25) is 21.8 Å². The monoisotopic (exact) mass is 496 g/mol. The number of morpholine rings is 1. The van der Waals surface area contributed by atoms with Crippen LogP contribution in [-0.2, 0) is 24.3 Å². The van der Waals surface area contributed by atoms with Crippen LogP contribution in [0.5, 0.6) is 0 Å². The second-order valence-electron chi connectivity index (χ2n) is 7.57. The Kier molecular flexibility index (Phi) is 7.65. The average molecular weight is 497 g/mol. The Morgan fingerprint density at radius 3 is 2.40 bits per heavy atom. The average Bonchev–Trinajstić information content (AvgIpc) is 3.43. The van der Waals surface area contributed by atoms with Crippen molar-refractivity contribution < 1.29 is 22.7 Å². The number of ether oxygens (including phenoxy) is 1. The number of aromatic nitrogens is 3. The van der Waals surface area contributed by atoms with Gasteiger partial charge in [-0.15, -0.1) is 0 Å². The molecule has 2 heterocycles. The number of amides is 2. The summed E-state index contributed by atoms with van der Waals surface area (Å²) in [5.74, 6) is -0.829. The lowest BCUT2D eigenvalue weighted by atomic mass is 10.2. The summed E-state index contributed by atoms with van der Waals surface area (Å²) in [4.78, 5) is 28.3. The van der Waals surface area contributed by atoms with Crippen LogP contribution in [0.25, 0.3) is 11.8 Å². The second kappa shape index (κ2) is 11.0.